The van der Waals surface area contributed by atoms with E-state index in [0.29, 0.717) is 26.1 Å². The normalized spacial score (nSPS) is 10.7. The van der Waals surface area contributed by atoms with Gasteiger partial charge in [0.25, 0.3) is 0 Å². The first kappa shape index (κ1) is 10.9. The molecule has 0 saturated carbocycles. The molecule has 0 bridgehead atoms. The van der Waals surface area contributed by atoms with E-state index >= 15 is 0 Å². The molecule has 0 spiro atoms. The molecule has 0 radical (unpaired) electrons. The van der Waals surface area contributed by atoms with Gasteiger partial charge in [-0.05, 0) is 0 Å². The average Bonchev–Trinajstić information content (AvgIpc) is 2.54. The lowest BCUT2D eigenvalue weighted by Gasteiger charge is -2.02. The molecule has 1 aromatic rings. The Labute approximate surface area is 83.0 Å². The van der Waals surface area contributed by atoms with Crippen LogP contribution in [-0.4, -0.2) is 42.3 Å². The maximum Gasteiger partial charge on any atom is 0.154 e. The third kappa shape index (κ3) is 2.68. The van der Waals surface area contributed by atoms with Crippen LogP contribution >= 0.6 is 0 Å². The molecule has 1 rings (SSSR count). The number of hydrogen-bond donors (Lipinski definition) is 1. The highest BCUT2D eigenvalue weighted by atomic mass is 16.5. The first-order valence-corrected chi connectivity index (χ1v) is 4.45. The first-order chi connectivity index (χ1) is 6.79. The Balaban J connectivity index is 2.55. The molecule has 0 unspecified atom stereocenters. The van der Waals surface area contributed by atoms with Gasteiger partial charge in [-0.2, -0.15) is 0 Å². The van der Waals surface area contributed by atoms with E-state index in [4.69, 9.17) is 15.3 Å². The van der Waals surface area contributed by atoms with E-state index in [0.717, 1.165) is 11.6 Å². The molecule has 0 fully saturated rings. The molecule has 0 saturated heterocycles. The molecule has 0 aliphatic carbocycles. The number of ether oxygens (including phenoxy) is 2. The molecule has 2 N–H and O–H groups in total. The van der Waals surface area contributed by atoms with Crippen molar-refractivity contribution in [3.8, 4) is 0 Å². The van der Waals surface area contributed by atoms with Gasteiger partial charge in [-0.1, -0.05) is 0 Å². The maximum absolute atomic E-state index is 5.77. The summed E-state index contributed by atoms with van der Waals surface area (Å²) < 4.78 is 11.4. The Morgan fingerprint density at radius 2 is 1.50 bits per heavy atom. The summed E-state index contributed by atoms with van der Waals surface area (Å²) in [5, 5.41) is 7.92. The molecule has 0 aliphatic rings. The fourth-order valence-corrected chi connectivity index (χ4v) is 1.09. The van der Waals surface area contributed by atoms with Crippen molar-refractivity contribution in [2.45, 2.75) is 12.8 Å². The van der Waals surface area contributed by atoms with Gasteiger partial charge in [-0.15, -0.1) is 10.2 Å². The second-order valence-corrected chi connectivity index (χ2v) is 2.89. The highest BCUT2D eigenvalue weighted by Gasteiger charge is 2.08. The number of rotatable bonds is 6. The van der Waals surface area contributed by atoms with E-state index in [-0.39, 0.29) is 0 Å². The second kappa shape index (κ2) is 5.56. The quantitative estimate of drug-likeness (QED) is 0.619. The minimum atomic E-state index is 0.597. The summed E-state index contributed by atoms with van der Waals surface area (Å²) in [6, 6.07) is 0. The summed E-state index contributed by atoms with van der Waals surface area (Å²) in [6.45, 7) is 1.19. The van der Waals surface area contributed by atoms with Gasteiger partial charge in [0.15, 0.2) is 11.6 Å². The van der Waals surface area contributed by atoms with E-state index in [1.165, 1.54) is 4.68 Å². The molecular weight excluding hydrogens is 184 g/mol. The van der Waals surface area contributed by atoms with Gasteiger partial charge in [0.1, 0.15) is 0 Å². The molecule has 6 heteroatoms. The van der Waals surface area contributed by atoms with Crippen LogP contribution in [0.15, 0.2) is 0 Å². The minimum Gasteiger partial charge on any atom is -0.384 e. The van der Waals surface area contributed by atoms with Crippen molar-refractivity contribution in [1.82, 2.24) is 14.9 Å². The van der Waals surface area contributed by atoms with E-state index in [1.54, 1.807) is 14.2 Å². The fraction of sp³-hybridized carbons (Fsp3) is 0.750. The molecule has 0 atom stereocenters. The lowest BCUT2D eigenvalue weighted by atomic mass is 10.4. The number of methoxy groups -OCH3 is 2. The Morgan fingerprint density at radius 1 is 1.07 bits per heavy atom. The van der Waals surface area contributed by atoms with Crippen LogP contribution in [0.4, 0.5) is 0 Å². The summed E-state index contributed by atoms with van der Waals surface area (Å²) in [5.74, 6) is 7.23. The van der Waals surface area contributed by atoms with Gasteiger partial charge in [0.05, 0.1) is 13.2 Å². The van der Waals surface area contributed by atoms with Crippen LogP contribution in [0.1, 0.15) is 11.6 Å². The highest BCUT2D eigenvalue weighted by molar-refractivity contribution is 4.96. The van der Waals surface area contributed by atoms with Crippen LogP contribution in [0.25, 0.3) is 0 Å². The lowest BCUT2D eigenvalue weighted by Crippen LogP contribution is -2.18. The van der Waals surface area contributed by atoms with Crippen LogP contribution in [-0.2, 0) is 22.3 Å². The lowest BCUT2D eigenvalue weighted by molar-refractivity contribution is 0.198. The van der Waals surface area contributed by atoms with E-state index in [9.17, 15) is 0 Å². The van der Waals surface area contributed by atoms with Crippen LogP contribution in [0.2, 0.25) is 0 Å². The smallest absolute Gasteiger partial charge is 0.154 e. The zero-order valence-electron chi connectivity index (χ0n) is 8.56. The van der Waals surface area contributed by atoms with Crippen molar-refractivity contribution >= 4 is 0 Å². The maximum atomic E-state index is 5.77. The van der Waals surface area contributed by atoms with Gasteiger partial charge in [0.2, 0.25) is 0 Å². The zero-order valence-corrected chi connectivity index (χ0v) is 8.56. The zero-order chi connectivity index (χ0) is 10.4. The molecule has 1 aromatic heterocycles. The largest absolute Gasteiger partial charge is 0.384 e. The Morgan fingerprint density at radius 3 is 1.86 bits per heavy atom. The standard InChI is InChI=1S/C8H16N4O2/c1-13-5-3-7-10-11-8(12(7)9)4-6-14-2/h3-6,9H2,1-2H3. The van der Waals surface area contributed by atoms with Crippen molar-refractivity contribution in [2.24, 2.45) is 0 Å². The van der Waals surface area contributed by atoms with Gasteiger partial charge in [0, 0.05) is 27.1 Å². The van der Waals surface area contributed by atoms with E-state index < -0.39 is 0 Å². The van der Waals surface area contributed by atoms with Crippen LogP contribution in [0.5, 0.6) is 0 Å². The van der Waals surface area contributed by atoms with Gasteiger partial charge in [-0.25, -0.2) is 4.68 Å². The Kier molecular flexibility index (Phi) is 4.34. The first-order valence-electron chi connectivity index (χ1n) is 4.45. The third-order valence-corrected chi connectivity index (χ3v) is 1.90. The number of nitrogens with two attached hydrogens (primary N) is 1. The highest BCUT2D eigenvalue weighted by Crippen LogP contribution is 1.99. The Bertz CT molecular complexity index is 249. The molecule has 0 amide bonds. The van der Waals surface area contributed by atoms with Gasteiger partial charge in [-0.3, -0.25) is 0 Å². The predicted octanol–water partition coefficient (Wildman–Crippen LogP) is -0.630. The fourth-order valence-electron chi connectivity index (χ4n) is 1.09. The summed E-state index contributed by atoms with van der Waals surface area (Å²) in [7, 11) is 3.28. The summed E-state index contributed by atoms with van der Waals surface area (Å²) in [5.41, 5.74) is 0. The topological polar surface area (TPSA) is 75.2 Å². The van der Waals surface area contributed by atoms with Crippen molar-refractivity contribution in [2.75, 3.05) is 33.3 Å². The molecule has 0 aromatic carbocycles. The number of hydrogen-bond acceptors (Lipinski definition) is 5. The number of nitrogen functional groups attached to an aromatic ring is 1. The van der Waals surface area contributed by atoms with E-state index in [2.05, 4.69) is 10.2 Å². The van der Waals surface area contributed by atoms with Crippen molar-refractivity contribution in [3.05, 3.63) is 11.6 Å². The SMILES string of the molecule is COCCc1nnc(CCOC)n1N. The van der Waals surface area contributed by atoms with Crippen molar-refractivity contribution in [1.29, 1.82) is 0 Å². The molecule has 1 heterocycles. The monoisotopic (exact) mass is 200 g/mol. The van der Waals surface area contributed by atoms with Crippen LogP contribution < -0.4 is 5.84 Å². The molecule has 0 aliphatic heterocycles. The van der Waals surface area contributed by atoms with Crippen molar-refractivity contribution < 1.29 is 9.47 Å². The third-order valence-electron chi connectivity index (χ3n) is 1.90. The number of nitrogens with zero attached hydrogens (tertiary/aromatic N) is 3. The predicted molar refractivity (Wildman–Crippen MR) is 51.3 cm³/mol. The van der Waals surface area contributed by atoms with Crippen LogP contribution in [0, 0.1) is 0 Å². The molecule has 80 valence electrons. The van der Waals surface area contributed by atoms with Crippen molar-refractivity contribution in [3.63, 3.8) is 0 Å². The summed E-state index contributed by atoms with van der Waals surface area (Å²) in [6.07, 6.45) is 1.35. The molecule has 14 heavy (non-hydrogen) atoms. The average molecular weight is 200 g/mol. The molecule has 6 nitrogen and oxygen atoms in total. The molecular formula is C8H16N4O2. The minimum absolute atomic E-state index is 0.597. The summed E-state index contributed by atoms with van der Waals surface area (Å²) in [4.78, 5) is 0. The van der Waals surface area contributed by atoms with Gasteiger partial charge >= 0.3 is 0 Å². The Hall–Kier alpha value is -1.14. The van der Waals surface area contributed by atoms with Crippen LogP contribution in [0.3, 0.4) is 0 Å². The number of aromatic nitrogens is 3. The van der Waals surface area contributed by atoms with E-state index in [1.807, 2.05) is 0 Å². The van der Waals surface area contributed by atoms with Gasteiger partial charge < -0.3 is 15.3 Å². The summed E-state index contributed by atoms with van der Waals surface area (Å²) >= 11 is 0. The second-order valence-electron chi connectivity index (χ2n) is 2.89.